The largest absolute Gasteiger partial charge is 0.492 e. The molecule has 1 aromatic heterocycles. The van der Waals surface area contributed by atoms with Crippen LogP contribution in [0.1, 0.15) is 29.4 Å². The molecule has 1 aromatic carbocycles. The third-order valence-electron chi connectivity index (χ3n) is 4.59. The third kappa shape index (κ3) is 5.17. The van der Waals surface area contributed by atoms with Gasteiger partial charge in [-0.3, -0.25) is 20.3 Å². The minimum atomic E-state index is -0.770. The quantitative estimate of drug-likeness (QED) is 0.507. The molecule has 11 heteroatoms. The Kier molecular flexibility index (Phi) is 7.07. The molecule has 1 atom stereocenters. The Morgan fingerprint density at radius 2 is 2.03 bits per heavy atom. The van der Waals surface area contributed by atoms with Crippen molar-refractivity contribution >= 4 is 34.7 Å². The van der Waals surface area contributed by atoms with Crippen molar-refractivity contribution in [1.29, 1.82) is 0 Å². The van der Waals surface area contributed by atoms with Gasteiger partial charge in [-0.25, -0.2) is 10.2 Å². The number of ether oxygens (including phenoxy) is 2. The van der Waals surface area contributed by atoms with Crippen molar-refractivity contribution < 1.29 is 24.0 Å². The van der Waals surface area contributed by atoms with Gasteiger partial charge >= 0.3 is 6.09 Å². The lowest BCUT2D eigenvalue weighted by atomic mass is 10.2. The van der Waals surface area contributed by atoms with Gasteiger partial charge in [0.05, 0.1) is 17.6 Å². The molecule has 3 rings (SSSR count). The third-order valence-corrected chi connectivity index (χ3v) is 5.48. The van der Waals surface area contributed by atoms with Crippen molar-refractivity contribution in [1.82, 2.24) is 10.9 Å². The molecular weight excluding hydrogens is 412 g/mol. The number of thiophene rings is 1. The van der Waals surface area contributed by atoms with Crippen molar-refractivity contribution in [3.8, 4) is 5.75 Å². The van der Waals surface area contributed by atoms with Crippen LogP contribution in [0.5, 0.6) is 5.75 Å². The zero-order valence-electron chi connectivity index (χ0n) is 16.3. The van der Waals surface area contributed by atoms with Crippen LogP contribution in [-0.2, 0) is 4.74 Å². The fourth-order valence-corrected chi connectivity index (χ4v) is 3.95. The Morgan fingerprint density at radius 3 is 2.73 bits per heavy atom. The summed E-state index contributed by atoms with van der Waals surface area (Å²) in [7, 11) is 0. The minimum Gasteiger partial charge on any atom is -0.492 e. The maximum Gasteiger partial charge on any atom is 0.426 e. The van der Waals surface area contributed by atoms with Crippen molar-refractivity contribution in [2.75, 3.05) is 24.7 Å². The van der Waals surface area contributed by atoms with E-state index in [1.54, 1.807) is 23.6 Å². The highest BCUT2D eigenvalue weighted by atomic mass is 32.1. The first kappa shape index (κ1) is 21.4. The molecule has 0 aliphatic carbocycles. The Bertz CT molecular complexity index is 901. The first-order valence-corrected chi connectivity index (χ1v) is 10.3. The average Bonchev–Trinajstić information content (AvgIpc) is 3.40. The van der Waals surface area contributed by atoms with Gasteiger partial charge in [0.15, 0.2) is 0 Å². The summed E-state index contributed by atoms with van der Waals surface area (Å²) in [5.41, 5.74) is 5.41. The molecule has 0 bridgehead atoms. The Labute approximate surface area is 176 Å². The number of carbonyl (C=O) groups excluding carboxylic acids is 2. The summed E-state index contributed by atoms with van der Waals surface area (Å²) >= 11 is 1.21. The molecule has 1 aliphatic heterocycles. The molecule has 30 heavy (non-hydrogen) atoms. The van der Waals surface area contributed by atoms with Gasteiger partial charge in [0.1, 0.15) is 17.2 Å². The number of rotatable bonds is 7. The molecule has 0 radical (unpaired) electrons. The Hall–Kier alpha value is -3.34. The number of nitrogens with one attached hydrogen (secondary N) is 2. The highest BCUT2D eigenvalue weighted by Crippen LogP contribution is 2.27. The molecule has 0 saturated carbocycles. The first-order valence-electron chi connectivity index (χ1n) is 9.44. The number of nitro groups is 1. The number of carbonyl (C=O) groups is 2. The molecule has 160 valence electrons. The lowest BCUT2D eigenvalue weighted by molar-refractivity contribution is -0.384. The second kappa shape index (κ2) is 9.92. The lowest BCUT2D eigenvalue weighted by Crippen LogP contribution is -2.43. The SMILES string of the molecule is CCOc1ccsc1C(=O)NNC(=O)OCC1CCCN1c1ccc([N+](=O)[O-])cc1. The maximum absolute atomic E-state index is 12.2. The fourth-order valence-electron chi connectivity index (χ4n) is 3.22. The van der Waals surface area contributed by atoms with Gasteiger partial charge in [-0.15, -0.1) is 11.3 Å². The maximum atomic E-state index is 12.2. The van der Waals surface area contributed by atoms with Gasteiger partial charge in [0.25, 0.3) is 11.6 Å². The summed E-state index contributed by atoms with van der Waals surface area (Å²) in [5, 5.41) is 12.5. The molecule has 1 unspecified atom stereocenters. The van der Waals surface area contributed by atoms with Crippen LogP contribution in [0.3, 0.4) is 0 Å². The number of hydrogen-bond acceptors (Lipinski definition) is 8. The van der Waals surface area contributed by atoms with Crippen molar-refractivity contribution in [3.63, 3.8) is 0 Å². The molecule has 2 N–H and O–H groups in total. The van der Waals surface area contributed by atoms with E-state index in [-0.39, 0.29) is 18.3 Å². The summed E-state index contributed by atoms with van der Waals surface area (Å²) in [6.07, 6.45) is 0.972. The number of anilines is 1. The van der Waals surface area contributed by atoms with E-state index in [1.807, 2.05) is 6.92 Å². The predicted octanol–water partition coefficient (Wildman–Crippen LogP) is 3.10. The van der Waals surface area contributed by atoms with Crippen LogP contribution in [0.4, 0.5) is 16.2 Å². The highest BCUT2D eigenvalue weighted by molar-refractivity contribution is 7.12. The molecule has 0 spiro atoms. The lowest BCUT2D eigenvalue weighted by Gasteiger charge is -2.26. The summed E-state index contributed by atoms with van der Waals surface area (Å²) in [6, 6.07) is 7.93. The van der Waals surface area contributed by atoms with E-state index in [2.05, 4.69) is 15.8 Å². The Morgan fingerprint density at radius 1 is 1.27 bits per heavy atom. The second-order valence-electron chi connectivity index (χ2n) is 6.49. The van der Waals surface area contributed by atoms with Gasteiger partial charge in [0.2, 0.25) is 0 Å². The van der Waals surface area contributed by atoms with Crippen LogP contribution in [0.2, 0.25) is 0 Å². The first-order chi connectivity index (χ1) is 14.5. The van der Waals surface area contributed by atoms with E-state index in [0.717, 1.165) is 25.1 Å². The van der Waals surface area contributed by atoms with Gasteiger partial charge in [-0.1, -0.05) is 0 Å². The molecule has 2 heterocycles. The van der Waals surface area contributed by atoms with Crippen LogP contribution in [0, 0.1) is 10.1 Å². The standard InChI is InChI=1S/C19H22N4O6S/c1-2-28-16-9-11-30-17(16)18(24)20-21-19(25)29-12-15-4-3-10-22(15)13-5-7-14(8-6-13)23(26)27/h5-9,11,15H,2-4,10,12H2,1H3,(H,20,24)(H,21,25). The van der Waals surface area contributed by atoms with Crippen LogP contribution in [-0.4, -0.2) is 42.7 Å². The van der Waals surface area contributed by atoms with E-state index in [0.29, 0.717) is 17.2 Å². The van der Waals surface area contributed by atoms with Crippen LogP contribution >= 0.6 is 11.3 Å². The number of amides is 2. The monoisotopic (exact) mass is 434 g/mol. The summed E-state index contributed by atoms with van der Waals surface area (Å²) in [5.74, 6) is -0.0290. The molecule has 2 aromatic rings. The van der Waals surface area contributed by atoms with E-state index in [9.17, 15) is 19.7 Å². The van der Waals surface area contributed by atoms with E-state index in [4.69, 9.17) is 9.47 Å². The molecule has 2 amide bonds. The average molecular weight is 434 g/mol. The topological polar surface area (TPSA) is 123 Å². The normalized spacial score (nSPS) is 15.5. The smallest absolute Gasteiger partial charge is 0.426 e. The fraction of sp³-hybridized carbons (Fsp3) is 0.368. The summed E-state index contributed by atoms with van der Waals surface area (Å²) in [6.45, 7) is 3.14. The van der Waals surface area contributed by atoms with Gasteiger partial charge in [0, 0.05) is 24.4 Å². The number of hydrogen-bond donors (Lipinski definition) is 2. The van der Waals surface area contributed by atoms with Crippen LogP contribution < -0.4 is 20.5 Å². The van der Waals surface area contributed by atoms with Gasteiger partial charge in [-0.05, 0) is 43.3 Å². The molecular formula is C19H22N4O6S. The molecule has 1 saturated heterocycles. The summed E-state index contributed by atoms with van der Waals surface area (Å²) < 4.78 is 10.6. The summed E-state index contributed by atoms with van der Waals surface area (Å²) in [4.78, 5) is 36.9. The second-order valence-corrected chi connectivity index (χ2v) is 7.40. The number of non-ortho nitro benzene ring substituents is 1. The number of nitro benzene ring substituents is 1. The van der Waals surface area contributed by atoms with E-state index >= 15 is 0 Å². The number of hydrazine groups is 1. The zero-order chi connectivity index (χ0) is 21.5. The molecule has 1 fully saturated rings. The zero-order valence-corrected chi connectivity index (χ0v) is 17.1. The number of benzene rings is 1. The van der Waals surface area contributed by atoms with Gasteiger partial charge < -0.3 is 14.4 Å². The highest BCUT2D eigenvalue weighted by Gasteiger charge is 2.26. The predicted molar refractivity (Wildman–Crippen MR) is 111 cm³/mol. The minimum absolute atomic E-state index is 0.0269. The molecule has 10 nitrogen and oxygen atoms in total. The van der Waals surface area contributed by atoms with E-state index < -0.39 is 16.9 Å². The Balaban J connectivity index is 1.48. The van der Waals surface area contributed by atoms with Crippen LogP contribution in [0.25, 0.3) is 0 Å². The number of nitrogens with zero attached hydrogens (tertiary/aromatic N) is 2. The molecule has 1 aliphatic rings. The van der Waals surface area contributed by atoms with Crippen molar-refractivity contribution in [3.05, 3.63) is 50.7 Å². The van der Waals surface area contributed by atoms with Gasteiger partial charge in [-0.2, -0.15) is 0 Å². The van der Waals surface area contributed by atoms with Crippen molar-refractivity contribution in [2.45, 2.75) is 25.8 Å². The van der Waals surface area contributed by atoms with Crippen LogP contribution in [0.15, 0.2) is 35.7 Å². The van der Waals surface area contributed by atoms with E-state index in [1.165, 1.54) is 23.5 Å². The van der Waals surface area contributed by atoms with Crippen molar-refractivity contribution in [2.24, 2.45) is 0 Å².